The Morgan fingerprint density at radius 1 is 1.32 bits per heavy atom. The molecule has 0 radical (unpaired) electrons. The third kappa shape index (κ3) is 3.41. The van der Waals surface area contributed by atoms with E-state index >= 15 is 0 Å². The maximum absolute atomic E-state index is 12.0. The molecular formula is C13H15BrN4O. The Balaban J connectivity index is 2.13. The number of rotatable bonds is 2. The van der Waals surface area contributed by atoms with Gasteiger partial charge >= 0.3 is 0 Å². The van der Waals surface area contributed by atoms with Crippen LogP contribution in [0.25, 0.3) is 0 Å². The molecule has 0 atom stereocenters. The van der Waals surface area contributed by atoms with Gasteiger partial charge in [-0.2, -0.15) is 5.10 Å². The molecule has 0 aliphatic heterocycles. The molecule has 100 valence electrons. The number of anilines is 1. The van der Waals surface area contributed by atoms with Crippen LogP contribution in [0, 0.1) is 0 Å². The molecule has 0 bridgehead atoms. The zero-order chi connectivity index (χ0) is 14.0. The molecule has 0 aliphatic carbocycles. The lowest BCUT2D eigenvalue weighted by molar-refractivity contribution is 0.102. The number of hydrogen-bond donors (Lipinski definition) is 2. The van der Waals surface area contributed by atoms with E-state index in [0.29, 0.717) is 11.4 Å². The van der Waals surface area contributed by atoms with Crippen LogP contribution in [0.2, 0.25) is 0 Å². The normalized spacial score (nSPS) is 11.4. The quantitative estimate of drug-likeness (QED) is 0.892. The second kappa shape index (κ2) is 5.13. The van der Waals surface area contributed by atoms with Gasteiger partial charge in [-0.15, -0.1) is 0 Å². The number of aromatic amines is 1. The monoisotopic (exact) mass is 322 g/mol. The molecule has 1 amide bonds. The van der Waals surface area contributed by atoms with Crippen LogP contribution in [0.5, 0.6) is 0 Å². The van der Waals surface area contributed by atoms with Crippen molar-refractivity contribution in [2.75, 3.05) is 5.32 Å². The summed E-state index contributed by atoms with van der Waals surface area (Å²) < 4.78 is 0.762. The minimum Gasteiger partial charge on any atom is -0.305 e. The maximum Gasteiger partial charge on any atom is 0.258 e. The highest BCUT2D eigenvalue weighted by atomic mass is 79.9. The van der Waals surface area contributed by atoms with Crippen LogP contribution in [-0.4, -0.2) is 21.1 Å². The van der Waals surface area contributed by atoms with Gasteiger partial charge in [-0.3, -0.25) is 14.9 Å². The smallest absolute Gasteiger partial charge is 0.258 e. The fourth-order valence-corrected chi connectivity index (χ4v) is 1.86. The third-order valence-corrected chi connectivity index (χ3v) is 3.03. The lowest BCUT2D eigenvalue weighted by Gasteiger charge is -2.14. The number of carbonyl (C=O) groups excluding carboxylic acids is 1. The molecule has 19 heavy (non-hydrogen) atoms. The molecule has 0 saturated carbocycles. The van der Waals surface area contributed by atoms with E-state index in [1.165, 1.54) is 6.20 Å². The van der Waals surface area contributed by atoms with Gasteiger partial charge in [0.25, 0.3) is 5.91 Å². The average Bonchev–Trinajstić information content (AvgIpc) is 2.77. The van der Waals surface area contributed by atoms with Crippen LogP contribution in [0.4, 0.5) is 5.82 Å². The van der Waals surface area contributed by atoms with Gasteiger partial charge in [0.2, 0.25) is 0 Å². The van der Waals surface area contributed by atoms with E-state index in [0.717, 1.165) is 10.2 Å². The third-order valence-electron chi connectivity index (χ3n) is 2.59. The molecule has 2 aromatic rings. The highest BCUT2D eigenvalue weighted by Crippen LogP contribution is 2.22. The summed E-state index contributed by atoms with van der Waals surface area (Å²) in [7, 11) is 0. The van der Waals surface area contributed by atoms with Gasteiger partial charge in [0.15, 0.2) is 5.82 Å². The molecule has 2 aromatic heterocycles. The van der Waals surface area contributed by atoms with E-state index in [2.05, 4.69) is 57.2 Å². The molecule has 0 fully saturated rings. The Morgan fingerprint density at radius 2 is 2.05 bits per heavy atom. The summed E-state index contributed by atoms with van der Waals surface area (Å²) in [4.78, 5) is 16.0. The van der Waals surface area contributed by atoms with Crippen molar-refractivity contribution in [3.05, 3.63) is 40.3 Å². The van der Waals surface area contributed by atoms with Crippen LogP contribution in [0.1, 0.15) is 36.8 Å². The van der Waals surface area contributed by atoms with E-state index in [-0.39, 0.29) is 11.3 Å². The molecule has 6 heteroatoms. The number of carbonyl (C=O) groups is 1. The summed E-state index contributed by atoms with van der Waals surface area (Å²) in [5.74, 6) is 0.274. The summed E-state index contributed by atoms with van der Waals surface area (Å²) in [5.41, 5.74) is 1.41. The van der Waals surface area contributed by atoms with E-state index < -0.39 is 0 Å². The number of nitrogens with one attached hydrogen (secondary N) is 2. The van der Waals surface area contributed by atoms with Crippen LogP contribution in [0.15, 0.2) is 29.0 Å². The Bertz CT molecular complexity index is 601. The van der Waals surface area contributed by atoms with Gasteiger partial charge in [0, 0.05) is 34.0 Å². The SMILES string of the molecule is CC(C)(C)c1cc(NC(=O)c2cncc(Br)c2)n[nH]1. The van der Waals surface area contributed by atoms with Crippen molar-refractivity contribution < 1.29 is 4.79 Å². The van der Waals surface area contributed by atoms with Crippen molar-refractivity contribution in [1.82, 2.24) is 15.2 Å². The largest absolute Gasteiger partial charge is 0.305 e. The van der Waals surface area contributed by atoms with Crippen molar-refractivity contribution in [2.45, 2.75) is 26.2 Å². The standard InChI is InChI=1S/C13H15BrN4O/c1-13(2,3)10-5-11(18-17-10)16-12(19)8-4-9(14)7-15-6-8/h4-7H,1-3H3,(H2,16,17,18,19). The second-order valence-corrected chi connectivity index (χ2v) is 6.18. The first-order chi connectivity index (χ1) is 8.86. The Hall–Kier alpha value is -1.69. The van der Waals surface area contributed by atoms with Crippen molar-refractivity contribution >= 4 is 27.7 Å². The van der Waals surface area contributed by atoms with E-state index in [9.17, 15) is 4.79 Å². The van der Waals surface area contributed by atoms with Crippen LogP contribution in [0.3, 0.4) is 0 Å². The van der Waals surface area contributed by atoms with Gasteiger partial charge in [0.05, 0.1) is 5.56 Å². The zero-order valence-electron chi connectivity index (χ0n) is 11.0. The molecule has 2 rings (SSSR count). The Morgan fingerprint density at radius 3 is 2.63 bits per heavy atom. The fraction of sp³-hybridized carbons (Fsp3) is 0.308. The number of nitrogens with zero attached hydrogens (tertiary/aromatic N) is 2. The average molecular weight is 323 g/mol. The number of aromatic nitrogens is 3. The summed E-state index contributed by atoms with van der Waals surface area (Å²) in [6, 6.07) is 3.54. The number of H-pyrrole nitrogens is 1. The lowest BCUT2D eigenvalue weighted by atomic mass is 9.92. The fourth-order valence-electron chi connectivity index (χ4n) is 1.49. The molecule has 0 spiro atoms. The Kier molecular flexibility index (Phi) is 3.71. The van der Waals surface area contributed by atoms with Crippen LogP contribution >= 0.6 is 15.9 Å². The molecule has 0 aliphatic rings. The van der Waals surface area contributed by atoms with Gasteiger partial charge in [-0.05, 0) is 22.0 Å². The first kappa shape index (κ1) is 13.7. The highest BCUT2D eigenvalue weighted by Gasteiger charge is 2.17. The van der Waals surface area contributed by atoms with Crippen LogP contribution < -0.4 is 5.32 Å². The minimum atomic E-state index is -0.235. The predicted molar refractivity (Wildman–Crippen MR) is 77.2 cm³/mol. The second-order valence-electron chi connectivity index (χ2n) is 5.26. The summed E-state index contributed by atoms with van der Waals surface area (Å²) in [5, 5.41) is 9.74. The van der Waals surface area contributed by atoms with Crippen molar-refractivity contribution in [3.63, 3.8) is 0 Å². The molecular weight excluding hydrogens is 308 g/mol. The summed E-state index contributed by atoms with van der Waals surface area (Å²) >= 11 is 3.28. The number of pyridine rings is 1. The zero-order valence-corrected chi connectivity index (χ0v) is 12.6. The number of halogens is 1. The topological polar surface area (TPSA) is 70.7 Å². The van der Waals surface area contributed by atoms with E-state index in [1.54, 1.807) is 12.3 Å². The molecule has 2 N–H and O–H groups in total. The van der Waals surface area contributed by atoms with Crippen molar-refractivity contribution in [3.8, 4) is 0 Å². The van der Waals surface area contributed by atoms with Gasteiger partial charge in [-0.25, -0.2) is 0 Å². The highest BCUT2D eigenvalue weighted by molar-refractivity contribution is 9.10. The van der Waals surface area contributed by atoms with Gasteiger partial charge < -0.3 is 5.32 Å². The number of hydrogen-bond acceptors (Lipinski definition) is 3. The van der Waals surface area contributed by atoms with Gasteiger partial charge in [-0.1, -0.05) is 20.8 Å². The summed E-state index contributed by atoms with van der Waals surface area (Å²) in [6.07, 6.45) is 3.14. The van der Waals surface area contributed by atoms with Crippen molar-refractivity contribution in [2.24, 2.45) is 0 Å². The lowest BCUT2D eigenvalue weighted by Crippen LogP contribution is -2.12. The van der Waals surface area contributed by atoms with Crippen LogP contribution in [-0.2, 0) is 5.41 Å². The summed E-state index contributed by atoms with van der Waals surface area (Å²) in [6.45, 7) is 6.22. The predicted octanol–water partition coefficient (Wildman–Crippen LogP) is 3.12. The van der Waals surface area contributed by atoms with Gasteiger partial charge in [0.1, 0.15) is 0 Å². The molecule has 5 nitrogen and oxygen atoms in total. The molecule has 2 heterocycles. The van der Waals surface area contributed by atoms with E-state index in [1.807, 2.05) is 6.07 Å². The maximum atomic E-state index is 12.0. The molecule has 0 unspecified atom stereocenters. The number of amides is 1. The van der Waals surface area contributed by atoms with E-state index in [4.69, 9.17) is 0 Å². The first-order valence-corrected chi connectivity index (χ1v) is 6.63. The van der Waals surface area contributed by atoms with Crippen molar-refractivity contribution in [1.29, 1.82) is 0 Å². The molecule has 0 aromatic carbocycles. The first-order valence-electron chi connectivity index (χ1n) is 5.84. The Labute approximate surface area is 120 Å². The molecule has 0 saturated heterocycles. The minimum absolute atomic E-state index is 0.0344.